The Labute approximate surface area is 97.2 Å². The summed E-state index contributed by atoms with van der Waals surface area (Å²) >= 11 is 0. The fourth-order valence-corrected chi connectivity index (χ4v) is 1.96. The Hall–Kier alpha value is -1.63. The van der Waals surface area contributed by atoms with Gasteiger partial charge in [-0.1, -0.05) is 37.3 Å². The Balaban J connectivity index is 2.14. The molecule has 2 rings (SSSR count). The number of nitrogens with zero attached hydrogens (tertiary/aromatic N) is 1. The zero-order chi connectivity index (χ0) is 11.4. The molecular weight excluding hydrogens is 194 g/mol. The van der Waals surface area contributed by atoms with Gasteiger partial charge in [0.05, 0.1) is 0 Å². The second kappa shape index (κ2) is 4.93. The Bertz CT molecular complexity index is 448. The number of pyridine rings is 1. The van der Waals surface area contributed by atoms with Gasteiger partial charge in [0.2, 0.25) is 0 Å². The summed E-state index contributed by atoms with van der Waals surface area (Å²) in [6, 6.07) is 12.8. The molecule has 1 aromatic heterocycles. The minimum absolute atomic E-state index is 0.558. The summed E-state index contributed by atoms with van der Waals surface area (Å²) in [7, 11) is 0. The van der Waals surface area contributed by atoms with E-state index in [-0.39, 0.29) is 0 Å². The molecule has 82 valence electrons. The van der Waals surface area contributed by atoms with Crippen LogP contribution in [0.15, 0.2) is 48.8 Å². The van der Waals surface area contributed by atoms with E-state index in [0.717, 1.165) is 6.42 Å². The van der Waals surface area contributed by atoms with E-state index in [0.29, 0.717) is 5.92 Å². The molecule has 16 heavy (non-hydrogen) atoms. The van der Waals surface area contributed by atoms with E-state index < -0.39 is 0 Å². The molecule has 1 atom stereocenters. The molecule has 2 aromatic rings. The summed E-state index contributed by atoms with van der Waals surface area (Å²) < 4.78 is 0. The van der Waals surface area contributed by atoms with Crippen molar-refractivity contribution in [2.24, 2.45) is 0 Å². The van der Waals surface area contributed by atoms with Crippen LogP contribution in [0, 0.1) is 6.92 Å². The maximum atomic E-state index is 4.12. The van der Waals surface area contributed by atoms with E-state index in [9.17, 15) is 0 Å². The average molecular weight is 211 g/mol. The largest absolute Gasteiger partial charge is 0.264 e. The standard InChI is InChI=1S/C15H17N/c1-12(14-6-4-3-5-7-14)10-15-8-9-16-11-13(15)2/h3-9,11-12H,10H2,1-2H3/t12-/m1/s1. The van der Waals surface area contributed by atoms with Crippen molar-refractivity contribution in [3.05, 3.63) is 65.5 Å². The molecule has 0 radical (unpaired) electrons. The van der Waals surface area contributed by atoms with E-state index in [1.54, 1.807) is 0 Å². The molecule has 1 heterocycles. The number of hydrogen-bond acceptors (Lipinski definition) is 1. The molecular formula is C15H17N. The van der Waals surface area contributed by atoms with Gasteiger partial charge in [-0.15, -0.1) is 0 Å². The lowest BCUT2D eigenvalue weighted by Crippen LogP contribution is -2.00. The molecule has 0 N–H and O–H groups in total. The van der Waals surface area contributed by atoms with Crippen molar-refractivity contribution >= 4 is 0 Å². The van der Waals surface area contributed by atoms with Crippen LogP contribution in [0.1, 0.15) is 29.5 Å². The molecule has 0 saturated carbocycles. The first kappa shape index (κ1) is 10.9. The van der Waals surface area contributed by atoms with E-state index in [2.05, 4.69) is 55.2 Å². The fraction of sp³-hybridized carbons (Fsp3) is 0.267. The second-order valence-corrected chi connectivity index (χ2v) is 4.32. The second-order valence-electron chi connectivity index (χ2n) is 4.32. The topological polar surface area (TPSA) is 12.9 Å². The normalized spacial score (nSPS) is 12.4. The van der Waals surface area contributed by atoms with Gasteiger partial charge in [-0.2, -0.15) is 0 Å². The van der Waals surface area contributed by atoms with Crippen LogP contribution in [-0.4, -0.2) is 4.98 Å². The molecule has 0 aliphatic carbocycles. The van der Waals surface area contributed by atoms with E-state index >= 15 is 0 Å². The molecule has 1 nitrogen and oxygen atoms in total. The molecule has 1 heteroatoms. The molecule has 0 spiro atoms. The highest BCUT2D eigenvalue weighted by molar-refractivity contribution is 5.26. The highest BCUT2D eigenvalue weighted by Gasteiger charge is 2.07. The van der Waals surface area contributed by atoms with Crippen molar-refractivity contribution in [1.29, 1.82) is 0 Å². The van der Waals surface area contributed by atoms with Crippen molar-refractivity contribution in [2.45, 2.75) is 26.2 Å². The Morgan fingerprint density at radius 1 is 1.12 bits per heavy atom. The molecule has 0 amide bonds. The Morgan fingerprint density at radius 2 is 1.88 bits per heavy atom. The zero-order valence-corrected chi connectivity index (χ0v) is 9.85. The number of benzene rings is 1. The molecule has 1 aromatic carbocycles. The van der Waals surface area contributed by atoms with Gasteiger partial charge < -0.3 is 0 Å². The van der Waals surface area contributed by atoms with Gasteiger partial charge in [0.1, 0.15) is 0 Å². The number of rotatable bonds is 3. The van der Waals surface area contributed by atoms with Crippen molar-refractivity contribution < 1.29 is 0 Å². The van der Waals surface area contributed by atoms with Crippen molar-refractivity contribution in [3.63, 3.8) is 0 Å². The summed E-state index contributed by atoms with van der Waals surface area (Å²) in [6.45, 7) is 4.40. The van der Waals surface area contributed by atoms with E-state index in [4.69, 9.17) is 0 Å². The quantitative estimate of drug-likeness (QED) is 0.753. The number of aryl methyl sites for hydroxylation is 1. The van der Waals surface area contributed by atoms with Gasteiger partial charge in [-0.3, -0.25) is 4.98 Å². The van der Waals surface area contributed by atoms with E-state index in [1.807, 2.05) is 12.4 Å². The SMILES string of the molecule is Cc1cnccc1C[C@@H](C)c1ccccc1. The number of hydrogen-bond donors (Lipinski definition) is 0. The van der Waals surface area contributed by atoms with Gasteiger partial charge in [0, 0.05) is 12.4 Å². The third-order valence-corrected chi connectivity index (χ3v) is 3.03. The highest BCUT2D eigenvalue weighted by atomic mass is 14.6. The average Bonchev–Trinajstić information content (AvgIpc) is 2.33. The lowest BCUT2D eigenvalue weighted by atomic mass is 9.93. The predicted molar refractivity (Wildman–Crippen MR) is 67.5 cm³/mol. The lowest BCUT2D eigenvalue weighted by Gasteiger charge is -2.13. The Kier molecular flexibility index (Phi) is 3.35. The van der Waals surface area contributed by atoms with Crippen LogP contribution >= 0.6 is 0 Å². The smallest absolute Gasteiger partial charge is 0.0299 e. The van der Waals surface area contributed by atoms with Crippen molar-refractivity contribution in [2.75, 3.05) is 0 Å². The third kappa shape index (κ3) is 2.48. The molecule has 0 aliphatic heterocycles. The summed E-state index contributed by atoms with van der Waals surface area (Å²) in [4.78, 5) is 4.12. The molecule has 0 aliphatic rings. The van der Waals surface area contributed by atoms with E-state index in [1.165, 1.54) is 16.7 Å². The van der Waals surface area contributed by atoms with Crippen LogP contribution in [0.2, 0.25) is 0 Å². The van der Waals surface area contributed by atoms with Crippen LogP contribution in [0.4, 0.5) is 0 Å². The molecule has 0 bridgehead atoms. The first-order valence-electron chi connectivity index (χ1n) is 5.72. The maximum absolute atomic E-state index is 4.12. The van der Waals surface area contributed by atoms with Crippen LogP contribution in [0.5, 0.6) is 0 Å². The first-order valence-corrected chi connectivity index (χ1v) is 5.72. The molecule has 0 fully saturated rings. The minimum atomic E-state index is 0.558. The van der Waals surface area contributed by atoms with Gasteiger partial charge in [-0.05, 0) is 42.0 Å². The lowest BCUT2D eigenvalue weighted by molar-refractivity contribution is 0.754. The van der Waals surface area contributed by atoms with Gasteiger partial charge in [-0.25, -0.2) is 0 Å². The van der Waals surface area contributed by atoms with Crippen molar-refractivity contribution in [1.82, 2.24) is 4.98 Å². The summed E-state index contributed by atoms with van der Waals surface area (Å²) in [5.41, 5.74) is 4.08. The van der Waals surface area contributed by atoms with Crippen LogP contribution < -0.4 is 0 Å². The summed E-state index contributed by atoms with van der Waals surface area (Å²) in [5.74, 6) is 0.558. The first-order chi connectivity index (χ1) is 7.77. The van der Waals surface area contributed by atoms with Gasteiger partial charge in [0.15, 0.2) is 0 Å². The third-order valence-electron chi connectivity index (χ3n) is 3.03. The van der Waals surface area contributed by atoms with Crippen LogP contribution in [0.3, 0.4) is 0 Å². The van der Waals surface area contributed by atoms with Crippen LogP contribution in [0.25, 0.3) is 0 Å². The maximum Gasteiger partial charge on any atom is 0.0299 e. The molecule has 0 unspecified atom stereocenters. The monoisotopic (exact) mass is 211 g/mol. The minimum Gasteiger partial charge on any atom is -0.264 e. The summed E-state index contributed by atoms with van der Waals surface area (Å²) in [5, 5.41) is 0. The van der Waals surface area contributed by atoms with Crippen LogP contribution in [-0.2, 0) is 6.42 Å². The van der Waals surface area contributed by atoms with Gasteiger partial charge in [0.25, 0.3) is 0 Å². The highest BCUT2D eigenvalue weighted by Crippen LogP contribution is 2.21. The molecule has 0 saturated heterocycles. The Morgan fingerprint density at radius 3 is 2.56 bits per heavy atom. The zero-order valence-electron chi connectivity index (χ0n) is 9.85. The predicted octanol–water partition coefficient (Wildman–Crippen LogP) is 3.74. The fourth-order valence-electron chi connectivity index (χ4n) is 1.96. The van der Waals surface area contributed by atoms with Gasteiger partial charge >= 0.3 is 0 Å². The summed E-state index contributed by atoms with van der Waals surface area (Å²) in [6.07, 6.45) is 4.89. The van der Waals surface area contributed by atoms with Crippen molar-refractivity contribution in [3.8, 4) is 0 Å². The number of aromatic nitrogens is 1.